The Balaban J connectivity index is 1.00. The molecule has 0 aliphatic carbocycles. The Bertz CT molecular complexity index is 3230. The van der Waals surface area contributed by atoms with E-state index in [1.54, 1.807) is 0 Å². The third-order valence-electron chi connectivity index (χ3n) is 11.6. The summed E-state index contributed by atoms with van der Waals surface area (Å²) in [5.41, 5.74) is 16.8. The summed E-state index contributed by atoms with van der Waals surface area (Å²) in [6, 6.07) is 85.0. The molecule has 0 saturated carbocycles. The molecule has 0 N–H and O–H groups in total. The van der Waals surface area contributed by atoms with Crippen LogP contribution in [0, 0.1) is 0 Å². The second-order valence-electron chi connectivity index (χ2n) is 15.3. The van der Waals surface area contributed by atoms with Crippen LogP contribution < -0.4 is 4.90 Å². The van der Waals surface area contributed by atoms with Gasteiger partial charge in [0.05, 0.1) is 0 Å². The topological polar surface area (TPSA) is 16.4 Å². The molecule has 11 aromatic rings. The van der Waals surface area contributed by atoms with Crippen LogP contribution in [-0.2, 0) is 0 Å². The van der Waals surface area contributed by atoms with Crippen LogP contribution in [0.15, 0.2) is 241 Å². The van der Waals surface area contributed by atoms with E-state index in [4.69, 9.17) is 4.42 Å². The minimum absolute atomic E-state index is 0.898. The number of para-hydroxylation sites is 1. The Morgan fingerprint density at radius 2 is 0.733 bits per heavy atom. The van der Waals surface area contributed by atoms with Crippen molar-refractivity contribution in [2.45, 2.75) is 0 Å². The van der Waals surface area contributed by atoms with Crippen LogP contribution in [0.1, 0.15) is 0 Å². The van der Waals surface area contributed by atoms with Crippen LogP contribution >= 0.6 is 0 Å². The van der Waals surface area contributed by atoms with E-state index in [1.807, 2.05) is 12.1 Å². The molecule has 0 aliphatic heterocycles. The summed E-state index contributed by atoms with van der Waals surface area (Å²) in [7, 11) is 0. The molecule has 0 unspecified atom stereocenters. The van der Waals surface area contributed by atoms with Gasteiger partial charge in [0.15, 0.2) is 0 Å². The second kappa shape index (κ2) is 15.1. The van der Waals surface area contributed by atoms with E-state index in [2.05, 4.69) is 229 Å². The SMILES string of the molecule is c1ccc(-c2cc(-c3ccccc3)cc(-c3ccc(N(c4ccc(-c5ccc6c(c5)oc5ccccc56)cc4)c4cccc(-c5cccc6ccccc56)c4)cc3)c2)cc1. The summed E-state index contributed by atoms with van der Waals surface area (Å²) in [6.07, 6.45) is 0. The van der Waals surface area contributed by atoms with Crippen LogP contribution in [-0.4, -0.2) is 0 Å². The first-order chi connectivity index (χ1) is 29.7. The number of nitrogens with zero attached hydrogens (tertiary/aromatic N) is 1. The summed E-state index contributed by atoms with van der Waals surface area (Å²) in [6.45, 7) is 0. The maximum absolute atomic E-state index is 6.26. The normalized spacial score (nSPS) is 11.3. The van der Waals surface area contributed by atoms with Crippen molar-refractivity contribution in [2.75, 3.05) is 4.90 Å². The lowest BCUT2D eigenvalue weighted by molar-refractivity contribution is 0.669. The van der Waals surface area contributed by atoms with Crippen molar-refractivity contribution in [1.29, 1.82) is 0 Å². The van der Waals surface area contributed by atoms with E-state index in [9.17, 15) is 0 Å². The number of furan rings is 1. The van der Waals surface area contributed by atoms with Crippen LogP contribution in [0.4, 0.5) is 17.1 Å². The molecule has 282 valence electrons. The van der Waals surface area contributed by atoms with Gasteiger partial charge in [0.25, 0.3) is 0 Å². The maximum atomic E-state index is 6.26. The first-order valence-electron chi connectivity index (χ1n) is 20.5. The Kier molecular flexibility index (Phi) is 8.87. The van der Waals surface area contributed by atoms with Crippen LogP contribution in [0.2, 0.25) is 0 Å². The molecular formula is C58H39NO. The Labute approximate surface area is 349 Å². The highest BCUT2D eigenvalue weighted by atomic mass is 16.3. The van der Waals surface area contributed by atoms with Gasteiger partial charge in [-0.3, -0.25) is 0 Å². The van der Waals surface area contributed by atoms with Gasteiger partial charge in [0.2, 0.25) is 0 Å². The largest absolute Gasteiger partial charge is 0.456 e. The van der Waals surface area contributed by atoms with Crippen molar-refractivity contribution in [1.82, 2.24) is 0 Å². The third kappa shape index (κ3) is 6.61. The smallest absolute Gasteiger partial charge is 0.136 e. The van der Waals surface area contributed by atoms with E-state index in [-0.39, 0.29) is 0 Å². The first kappa shape index (κ1) is 35.2. The van der Waals surface area contributed by atoms with Gasteiger partial charge in [-0.25, -0.2) is 0 Å². The fourth-order valence-electron chi connectivity index (χ4n) is 8.64. The summed E-state index contributed by atoms with van der Waals surface area (Å²) in [5, 5.41) is 4.75. The Hall–Kier alpha value is -7.94. The monoisotopic (exact) mass is 765 g/mol. The van der Waals surface area contributed by atoms with Crippen molar-refractivity contribution in [3.8, 4) is 55.6 Å². The van der Waals surface area contributed by atoms with E-state index in [1.165, 1.54) is 49.7 Å². The van der Waals surface area contributed by atoms with Gasteiger partial charge in [-0.2, -0.15) is 0 Å². The molecule has 2 nitrogen and oxygen atoms in total. The number of benzene rings is 10. The molecule has 0 bridgehead atoms. The molecule has 11 rings (SSSR count). The molecule has 0 spiro atoms. The molecule has 60 heavy (non-hydrogen) atoms. The molecule has 0 saturated heterocycles. The second-order valence-corrected chi connectivity index (χ2v) is 15.3. The Morgan fingerprint density at radius 3 is 1.40 bits per heavy atom. The van der Waals surface area contributed by atoms with Crippen molar-refractivity contribution in [3.05, 3.63) is 237 Å². The molecule has 0 amide bonds. The predicted molar refractivity (Wildman–Crippen MR) is 253 cm³/mol. The lowest BCUT2D eigenvalue weighted by Crippen LogP contribution is -2.10. The van der Waals surface area contributed by atoms with Crippen LogP contribution in [0.25, 0.3) is 88.3 Å². The van der Waals surface area contributed by atoms with E-state index in [0.29, 0.717) is 0 Å². The van der Waals surface area contributed by atoms with E-state index < -0.39 is 0 Å². The number of rotatable bonds is 8. The Morgan fingerprint density at radius 1 is 0.250 bits per heavy atom. The highest BCUT2D eigenvalue weighted by Crippen LogP contribution is 2.41. The molecule has 1 aromatic heterocycles. The van der Waals surface area contributed by atoms with Gasteiger partial charge in [-0.15, -0.1) is 0 Å². The fourth-order valence-corrected chi connectivity index (χ4v) is 8.64. The highest BCUT2D eigenvalue weighted by molar-refractivity contribution is 6.06. The van der Waals surface area contributed by atoms with Gasteiger partial charge >= 0.3 is 0 Å². The zero-order valence-electron chi connectivity index (χ0n) is 32.9. The quantitative estimate of drug-likeness (QED) is 0.153. The minimum atomic E-state index is 0.898. The minimum Gasteiger partial charge on any atom is -0.456 e. The number of fused-ring (bicyclic) bond motifs is 4. The van der Waals surface area contributed by atoms with Crippen LogP contribution in [0.3, 0.4) is 0 Å². The maximum Gasteiger partial charge on any atom is 0.136 e. The molecule has 0 aliphatic rings. The standard InChI is InChI=1S/C58H39NO/c1-3-13-40(14-4-1)47-35-48(41-15-5-2-6-16-41)37-49(36-47)43-27-32-51(33-28-43)59(52-20-11-19-46(38-52)54-23-12-18-44-17-7-8-21-53(44)54)50-30-25-42(26-31-50)45-29-34-56-55-22-9-10-24-57(55)60-58(56)39-45/h1-39H. The lowest BCUT2D eigenvalue weighted by Gasteiger charge is -2.26. The van der Waals surface area contributed by atoms with Gasteiger partial charge in [-0.05, 0) is 139 Å². The molecular weight excluding hydrogens is 727 g/mol. The molecule has 0 atom stereocenters. The number of anilines is 3. The molecule has 0 fully saturated rings. The van der Waals surface area contributed by atoms with Gasteiger partial charge in [0.1, 0.15) is 11.2 Å². The van der Waals surface area contributed by atoms with Gasteiger partial charge in [-0.1, -0.05) is 164 Å². The predicted octanol–water partition coefficient (Wildman–Crippen LogP) is 16.5. The van der Waals surface area contributed by atoms with E-state index in [0.717, 1.165) is 55.7 Å². The summed E-state index contributed by atoms with van der Waals surface area (Å²) in [5.74, 6) is 0. The molecule has 2 heteroatoms. The van der Waals surface area contributed by atoms with Gasteiger partial charge < -0.3 is 9.32 Å². The summed E-state index contributed by atoms with van der Waals surface area (Å²) >= 11 is 0. The molecule has 0 radical (unpaired) electrons. The van der Waals surface area contributed by atoms with Crippen molar-refractivity contribution in [2.24, 2.45) is 0 Å². The third-order valence-corrected chi connectivity index (χ3v) is 11.6. The lowest BCUT2D eigenvalue weighted by atomic mass is 9.93. The van der Waals surface area contributed by atoms with E-state index >= 15 is 0 Å². The van der Waals surface area contributed by atoms with Crippen molar-refractivity contribution >= 4 is 49.8 Å². The molecule has 10 aromatic carbocycles. The average Bonchev–Trinajstić information content (AvgIpc) is 3.70. The van der Waals surface area contributed by atoms with Crippen LogP contribution in [0.5, 0.6) is 0 Å². The fraction of sp³-hybridized carbons (Fsp3) is 0. The zero-order chi connectivity index (χ0) is 39.8. The van der Waals surface area contributed by atoms with Crippen molar-refractivity contribution < 1.29 is 4.42 Å². The zero-order valence-corrected chi connectivity index (χ0v) is 32.9. The number of hydrogen-bond acceptors (Lipinski definition) is 2. The highest BCUT2D eigenvalue weighted by Gasteiger charge is 2.16. The van der Waals surface area contributed by atoms with Crippen molar-refractivity contribution in [3.63, 3.8) is 0 Å². The first-order valence-corrected chi connectivity index (χ1v) is 20.5. The summed E-state index contributed by atoms with van der Waals surface area (Å²) < 4.78 is 6.26. The van der Waals surface area contributed by atoms with Gasteiger partial charge in [0, 0.05) is 27.8 Å². The summed E-state index contributed by atoms with van der Waals surface area (Å²) in [4.78, 5) is 2.36. The average molecular weight is 766 g/mol. The molecule has 1 heterocycles. The number of hydrogen-bond donors (Lipinski definition) is 0.